The first-order valence-corrected chi connectivity index (χ1v) is 9.89. The average molecular weight is 502 g/mol. The molecular weight excluding hydrogens is 467 g/mol. The first kappa shape index (κ1) is 24.7. The van der Waals surface area contributed by atoms with E-state index in [1.807, 2.05) is 25.1 Å². The maximum absolute atomic E-state index is 11.9. The molecule has 2 N–H and O–H groups in total. The summed E-state index contributed by atoms with van der Waals surface area (Å²) in [6.07, 6.45) is 4.43. The number of likely N-dealkylation sites (N-methyl/N-ethyl adjacent to an activating group) is 1. The fourth-order valence-corrected chi connectivity index (χ4v) is 2.83. The van der Waals surface area contributed by atoms with E-state index in [-0.39, 0.29) is 36.4 Å². The topological polar surface area (TPSA) is 66.0 Å². The fraction of sp³-hybridized carbons (Fsp3) is 0.619. The Bertz CT molecular complexity index is 604. The summed E-state index contributed by atoms with van der Waals surface area (Å²) in [5, 5.41) is 6.81. The summed E-state index contributed by atoms with van der Waals surface area (Å²) >= 11 is 0. The Hall–Kier alpha value is -1.35. The third-order valence-electron chi connectivity index (χ3n) is 4.99. The predicted octanol–water partition coefficient (Wildman–Crippen LogP) is 2.68. The lowest BCUT2D eigenvalue weighted by Crippen LogP contribution is -2.42. The number of aliphatic imine (C=N–C) groups is 1. The molecule has 0 atom stereocenters. The first-order chi connectivity index (χ1) is 13.0. The smallest absolute Gasteiger partial charge is 0.243 e. The number of guanidine groups is 1. The molecule has 7 heteroatoms. The average Bonchev–Trinajstić information content (AvgIpc) is 3.44. The van der Waals surface area contributed by atoms with Crippen LogP contribution in [0, 0.1) is 5.41 Å². The van der Waals surface area contributed by atoms with Crippen molar-refractivity contribution in [2.75, 3.05) is 46.9 Å². The van der Waals surface area contributed by atoms with Gasteiger partial charge in [-0.25, -0.2) is 4.99 Å². The summed E-state index contributed by atoms with van der Waals surface area (Å²) in [7, 11) is 3.50. The SMILES string of the molecule is CCOCCC1(CNC(=NCC(=O)N(C)C)NCCc2ccccc2)CC1.I. The molecule has 0 unspecified atom stereocenters. The second-order valence-electron chi connectivity index (χ2n) is 7.42. The molecule has 1 aromatic rings. The fourth-order valence-electron chi connectivity index (χ4n) is 2.83. The molecule has 0 aliphatic heterocycles. The Balaban J connectivity index is 0.00000392. The van der Waals surface area contributed by atoms with Gasteiger partial charge in [-0.2, -0.15) is 0 Å². The van der Waals surface area contributed by atoms with Crippen molar-refractivity contribution in [2.45, 2.75) is 32.6 Å². The maximum atomic E-state index is 11.9. The molecule has 6 nitrogen and oxygen atoms in total. The van der Waals surface area contributed by atoms with Gasteiger partial charge in [0.1, 0.15) is 6.54 Å². The lowest BCUT2D eigenvalue weighted by molar-refractivity contribution is -0.127. The van der Waals surface area contributed by atoms with Gasteiger partial charge in [0.05, 0.1) is 0 Å². The van der Waals surface area contributed by atoms with Crippen LogP contribution in [0.25, 0.3) is 0 Å². The number of amides is 1. The Morgan fingerprint density at radius 2 is 1.93 bits per heavy atom. The summed E-state index contributed by atoms with van der Waals surface area (Å²) in [4.78, 5) is 17.9. The van der Waals surface area contributed by atoms with Gasteiger partial charge in [-0.1, -0.05) is 30.3 Å². The Morgan fingerprint density at radius 1 is 1.21 bits per heavy atom. The summed E-state index contributed by atoms with van der Waals surface area (Å²) in [5.74, 6) is 0.709. The number of benzene rings is 1. The van der Waals surface area contributed by atoms with Crippen LogP contribution < -0.4 is 10.6 Å². The van der Waals surface area contributed by atoms with Gasteiger partial charge in [0.25, 0.3) is 0 Å². The zero-order chi connectivity index (χ0) is 19.5. The minimum Gasteiger partial charge on any atom is -0.382 e. The van der Waals surface area contributed by atoms with Crippen LogP contribution >= 0.6 is 24.0 Å². The van der Waals surface area contributed by atoms with Gasteiger partial charge in [-0.3, -0.25) is 4.79 Å². The molecule has 0 heterocycles. The molecule has 158 valence electrons. The van der Waals surface area contributed by atoms with Gasteiger partial charge in [0.15, 0.2) is 5.96 Å². The highest BCUT2D eigenvalue weighted by atomic mass is 127. The van der Waals surface area contributed by atoms with Gasteiger partial charge >= 0.3 is 0 Å². The number of hydrogen-bond acceptors (Lipinski definition) is 3. The molecule has 1 saturated carbocycles. The second kappa shape index (κ2) is 13.0. The molecule has 1 fully saturated rings. The van der Waals surface area contributed by atoms with Gasteiger partial charge in [0.2, 0.25) is 5.91 Å². The van der Waals surface area contributed by atoms with Crippen molar-refractivity contribution in [1.82, 2.24) is 15.5 Å². The van der Waals surface area contributed by atoms with Crippen LogP contribution in [0.15, 0.2) is 35.3 Å². The summed E-state index contributed by atoms with van der Waals surface area (Å²) in [6, 6.07) is 10.4. The molecule has 28 heavy (non-hydrogen) atoms. The molecule has 1 aliphatic rings. The molecule has 0 saturated heterocycles. The zero-order valence-corrected chi connectivity index (χ0v) is 19.7. The van der Waals surface area contributed by atoms with E-state index in [0.29, 0.717) is 11.4 Å². The molecule has 0 spiro atoms. The monoisotopic (exact) mass is 502 g/mol. The molecule has 0 bridgehead atoms. The van der Waals surface area contributed by atoms with Crippen molar-refractivity contribution in [1.29, 1.82) is 0 Å². The van der Waals surface area contributed by atoms with Crippen molar-refractivity contribution in [3.05, 3.63) is 35.9 Å². The Kier molecular flexibility index (Phi) is 11.4. The third-order valence-corrected chi connectivity index (χ3v) is 4.99. The van der Waals surface area contributed by atoms with E-state index in [2.05, 4.69) is 27.8 Å². The first-order valence-electron chi connectivity index (χ1n) is 9.89. The third kappa shape index (κ3) is 9.23. The normalized spacial score (nSPS) is 14.8. The van der Waals surface area contributed by atoms with Crippen LogP contribution in [-0.2, 0) is 16.0 Å². The van der Waals surface area contributed by atoms with Crippen molar-refractivity contribution < 1.29 is 9.53 Å². The molecule has 1 aromatic carbocycles. The quantitative estimate of drug-likeness (QED) is 0.212. The molecule has 1 aliphatic carbocycles. The Morgan fingerprint density at radius 3 is 2.54 bits per heavy atom. The summed E-state index contributed by atoms with van der Waals surface area (Å²) < 4.78 is 5.51. The van der Waals surface area contributed by atoms with Crippen LogP contribution in [0.2, 0.25) is 0 Å². The zero-order valence-electron chi connectivity index (χ0n) is 17.4. The van der Waals surface area contributed by atoms with E-state index in [9.17, 15) is 4.79 Å². The largest absolute Gasteiger partial charge is 0.382 e. The van der Waals surface area contributed by atoms with Gasteiger partial charge in [-0.05, 0) is 43.6 Å². The van der Waals surface area contributed by atoms with Crippen LogP contribution in [0.5, 0.6) is 0 Å². The molecule has 0 radical (unpaired) electrons. The maximum Gasteiger partial charge on any atom is 0.243 e. The van der Waals surface area contributed by atoms with E-state index >= 15 is 0 Å². The van der Waals surface area contributed by atoms with E-state index in [0.717, 1.165) is 39.1 Å². The minimum absolute atomic E-state index is 0. The van der Waals surface area contributed by atoms with Crippen molar-refractivity contribution >= 4 is 35.8 Å². The lowest BCUT2D eigenvalue weighted by atomic mass is 10.0. The Labute approximate surface area is 186 Å². The van der Waals surface area contributed by atoms with Crippen molar-refractivity contribution in [3.63, 3.8) is 0 Å². The second-order valence-corrected chi connectivity index (χ2v) is 7.42. The van der Waals surface area contributed by atoms with Crippen molar-refractivity contribution in [3.8, 4) is 0 Å². The van der Waals surface area contributed by atoms with Crippen LogP contribution in [0.4, 0.5) is 0 Å². The van der Waals surface area contributed by atoms with E-state index < -0.39 is 0 Å². The number of nitrogens with one attached hydrogen (secondary N) is 2. The number of ether oxygens (including phenoxy) is 1. The van der Waals surface area contributed by atoms with Crippen LogP contribution in [0.1, 0.15) is 31.7 Å². The number of carbonyl (C=O) groups excluding carboxylic acids is 1. The lowest BCUT2D eigenvalue weighted by Gasteiger charge is -2.19. The highest BCUT2D eigenvalue weighted by molar-refractivity contribution is 14.0. The molecule has 0 aromatic heterocycles. The standard InChI is InChI=1S/C21H34N4O2.HI/c1-4-27-15-13-21(11-12-21)17-24-20(23-16-19(26)25(2)3)22-14-10-18-8-6-5-7-9-18;/h5-9H,4,10-17H2,1-3H3,(H2,22,23,24);1H. The predicted molar refractivity (Wildman–Crippen MR) is 125 cm³/mol. The van der Waals surface area contributed by atoms with Crippen molar-refractivity contribution in [2.24, 2.45) is 10.4 Å². The summed E-state index contributed by atoms with van der Waals surface area (Å²) in [5.41, 5.74) is 1.60. The molecular formula is C21H35IN4O2. The van der Waals surface area contributed by atoms with Crippen LogP contribution in [0.3, 0.4) is 0 Å². The number of rotatable bonds is 11. The van der Waals surface area contributed by atoms with E-state index in [1.165, 1.54) is 18.4 Å². The highest BCUT2D eigenvalue weighted by Gasteiger charge is 2.41. The number of nitrogens with zero attached hydrogens (tertiary/aromatic N) is 2. The molecule has 2 rings (SSSR count). The summed E-state index contributed by atoms with van der Waals surface area (Å²) in [6.45, 7) is 5.40. The van der Waals surface area contributed by atoms with Gasteiger partial charge < -0.3 is 20.3 Å². The highest BCUT2D eigenvalue weighted by Crippen LogP contribution is 2.48. The van der Waals surface area contributed by atoms with E-state index in [4.69, 9.17) is 4.74 Å². The minimum atomic E-state index is -0.00311. The number of hydrogen-bond donors (Lipinski definition) is 2. The van der Waals surface area contributed by atoms with Gasteiger partial charge in [0, 0.05) is 40.4 Å². The van der Waals surface area contributed by atoms with Crippen LogP contribution in [-0.4, -0.2) is 63.7 Å². The molecule has 1 amide bonds. The van der Waals surface area contributed by atoms with E-state index in [1.54, 1.807) is 19.0 Å². The number of halogens is 1. The van der Waals surface area contributed by atoms with Gasteiger partial charge in [-0.15, -0.1) is 24.0 Å². The number of carbonyl (C=O) groups is 1.